The number of hydrogen-bond donors (Lipinski definition) is 1. The molecule has 18 heavy (non-hydrogen) atoms. The Kier molecular flexibility index (Phi) is 4.09. The fourth-order valence-corrected chi connectivity index (χ4v) is 1.73. The summed E-state index contributed by atoms with van der Waals surface area (Å²) in [5.74, 6) is 0.145. The maximum atomic E-state index is 13.5. The lowest BCUT2D eigenvalue weighted by atomic mass is 10.3. The third kappa shape index (κ3) is 3.16. The van der Waals surface area contributed by atoms with Crippen LogP contribution in [-0.2, 0) is 6.54 Å². The zero-order chi connectivity index (χ0) is 13.0. The zero-order valence-electron chi connectivity index (χ0n) is 9.65. The predicted molar refractivity (Wildman–Crippen MR) is 70.0 cm³/mol. The third-order valence-electron chi connectivity index (χ3n) is 2.29. The first-order valence-electron chi connectivity index (χ1n) is 5.24. The summed E-state index contributed by atoms with van der Waals surface area (Å²) in [5, 5.41) is 10.7. The molecule has 2 aromatic rings. The van der Waals surface area contributed by atoms with Crippen LogP contribution in [0.15, 0.2) is 34.8 Å². The summed E-state index contributed by atoms with van der Waals surface area (Å²) in [4.78, 5) is 0. The van der Waals surface area contributed by atoms with Gasteiger partial charge in [-0.15, -0.1) is 5.10 Å². The quantitative estimate of drug-likeness (QED) is 0.943. The van der Waals surface area contributed by atoms with Gasteiger partial charge in [-0.3, -0.25) is 0 Å². The highest BCUT2D eigenvalue weighted by atomic mass is 79.9. The molecule has 0 aliphatic carbocycles. The lowest BCUT2D eigenvalue weighted by molar-refractivity contribution is 0.391. The van der Waals surface area contributed by atoms with Gasteiger partial charge in [-0.05, 0) is 24.3 Å². The van der Waals surface area contributed by atoms with Crippen LogP contribution >= 0.6 is 15.9 Å². The minimum atomic E-state index is -0.306. The minimum absolute atomic E-state index is 0.306. The Hall–Kier alpha value is -1.69. The molecule has 0 amide bonds. The van der Waals surface area contributed by atoms with E-state index in [1.807, 2.05) is 0 Å². The van der Waals surface area contributed by atoms with Crippen LogP contribution in [0.4, 0.5) is 10.1 Å². The molecule has 4 nitrogen and oxygen atoms in total. The van der Waals surface area contributed by atoms with Crippen LogP contribution in [0.25, 0.3) is 0 Å². The SMILES string of the molecule is COc1ccc(CNc2cc(Br)ccc2F)nn1. The molecular formula is C12H11BrFN3O. The summed E-state index contributed by atoms with van der Waals surface area (Å²) in [5.41, 5.74) is 1.12. The molecule has 94 valence electrons. The maximum Gasteiger partial charge on any atom is 0.233 e. The van der Waals surface area contributed by atoms with Gasteiger partial charge in [0.15, 0.2) is 0 Å². The number of ether oxygens (including phenoxy) is 1. The first-order chi connectivity index (χ1) is 8.69. The van der Waals surface area contributed by atoms with Crippen molar-refractivity contribution in [3.63, 3.8) is 0 Å². The minimum Gasteiger partial charge on any atom is -0.480 e. The highest BCUT2D eigenvalue weighted by Gasteiger charge is 2.03. The topological polar surface area (TPSA) is 47.0 Å². The lowest BCUT2D eigenvalue weighted by Crippen LogP contribution is -2.04. The Bertz CT molecular complexity index is 533. The van der Waals surface area contributed by atoms with Crippen molar-refractivity contribution in [3.8, 4) is 5.88 Å². The summed E-state index contributed by atoms with van der Waals surface area (Å²) in [7, 11) is 1.53. The second kappa shape index (κ2) is 5.77. The average Bonchev–Trinajstić information content (AvgIpc) is 2.40. The van der Waals surface area contributed by atoms with E-state index in [9.17, 15) is 4.39 Å². The second-order valence-electron chi connectivity index (χ2n) is 3.54. The van der Waals surface area contributed by atoms with Gasteiger partial charge in [0.05, 0.1) is 25.0 Å². The molecule has 0 radical (unpaired) electrons. The van der Waals surface area contributed by atoms with Crippen molar-refractivity contribution in [2.75, 3.05) is 12.4 Å². The Labute approximate surface area is 112 Å². The molecule has 0 bridgehead atoms. The van der Waals surface area contributed by atoms with Gasteiger partial charge < -0.3 is 10.1 Å². The molecule has 0 saturated heterocycles. The van der Waals surface area contributed by atoms with Crippen molar-refractivity contribution in [2.24, 2.45) is 0 Å². The van der Waals surface area contributed by atoms with Crippen molar-refractivity contribution >= 4 is 21.6 Å². The number of halogens is 2. The van der Waals surface area contributed by atoms with E-state index in [0.717, 1.165) is 4.47 Å². The van der Waals surface area contributed by atoms with Crippen LogP contribution in [0.5, 0.6) is 5.88 Å². The highest BCUT2D eigenvalue weighted by Crippen LogP contribution is 2.20. The fourth-order valence-electron chi connectivity index (χ4n) is 1.37. The van der Waals surface area contributed by atoms with Gasteiger partial charge in [0.2, 0.25) is 5.88 Å². The molecule has 1 aromatic heterocycles. The number of hydrogen-bond acceptors (Lipinski definition) is 4. The van der Waals surface area contributed by atoms with Crippen LogP contribution in [0.3, 0.4) is 0 Å². The molecule has 2 rings (SSSR count). The summed E-state index contributed by atoms with van der Waals surface area (Å²) in [6.07, 6.45) is 0. The van der Waals surface area contributed by atoms with E-state index in [1.54, 1.807) is 24.3 Å². The van der Waals surface area contributed by atoms with Crippen molar-refractivity contribution in [2.45, 2.75) is 6.54 Å². The molecule has 0 saturated carbocycles. The fraction of sp³-hybridized carbons (Fsp3) is 0.167. The maximum absolute atomic E-state index is 13.5. The Morgan fingerprint density at radius 1 is 1.28 bits per heavy atom. The standard InChI is InChI=1S/C12H11BrFN3O/c1-18-12-5-3-9(16-17-12)7-15-11-6-8(13)2-4-10(11)14/h2-6,15H,7H2,1H3. The van der Waals surface area contributed by atoms with E-state index in [4.69, 9.17) is 4.74 Å². The molecule has 0 unspecified atom stereocenters. The summed E-state index contributed by atoms with van der Waals surface area (Å²) in [6, 6.07) is 8.20. The van der Waals surface area contributed by atoms with Gasteiger partial charge in [0.25, 0.3) is 0 Å². The van der Waals surface area contributed by atoms with E-state index in [1.165, 1.54) is 13.2 Å². The second-order valence-corrected chi connectivity index (χ2v) is 4.46. The number of methoxy groups -OCH3 is 1. The van der Waals surface area contributed by atoms with Crippen molar-refractivity contribution < 1.29 is 9.13 Å². The first kappa shape index (κ1) is 12.8. The zero-order valence-corrected chi connectivity index (χ0v) is 11.2. The van der Waals surface area contributed by atoms with Crippen molar-refractivity contribution in [1.82, 2.24) is 10.2 Å². The van der Waals surface area contributed by atoms with Crippen molar-refractivity contribution in [3.05, 3.63) is 46.3 Å². The molecule has 0 aliphatic rings. The molecule has 1 heterocycles. The molecule has 0 atom stereocenters. The number of nitrogens with zero attached hydrogens (tertiary/aromatic N) is 2. The van der Waals surface area contributed by atoms with Gasteiger partial charge in [-0.2, -0.15) is 5.10 Å². The number of benzene rings is 1. The predicted octanol–water partition coefficient (Wildman–Crippen LogP) is 3.00. The molecule has 0 fully saturated rings. The normalized spacial score (nSPS) is 10.2. The van der Waals surface area contributed by atoms with E-state index in [-0.39, 0.29) is 5.82 Å². The number of anilines is 1. The smallest absolute Gasteiger partial charge is 0.233 e. The summed E-state index contributed by atoms with van der Waals surface area (Å²) in [6.45, 7) is 0.393. The van der Waals surface area contributed by atoms with Crippen LogP contribution in [0, 0.1) is 5.82 Å². The van der Waals surface area contributed by atoms with E-state index >= 15 is 0 Å². The Morgan fingerprint density at radius 3 is 2.78 bits per heavy atom. The summed E-state index contributed by atoms with van der Waals surface area (Å²) < 4.78 is 19.2. The van der Waals surface area contributed by atoms with Gasteiger partial charge in [-0.1, -0.05) is 15.9 Å². The Balaban J connectivity index is 2.04. The van der Waals surface area contributed by atoms with Crippen LogP contribution < -0.4 is 10.1 Å². The third-order valence-corrected chi connectivity index (χ3v) is 2.79. The number of aromatic nitrogens is 2. The largest absolute Gasteiger partial charge is 0.480 e. The molecule has 6 heteroatoms. The molecule has 0 aliphatic heterocycles. The molecule has 1 aromatic carbocycles. The Morgan fingerprint density at radius 2 is 2.11 bits per heavy atom. The van der Waals surface area contributed by atoms with E-state index in [2.05, 4.69) is 31.4 Å². The highest BCUT2D eigenvalue weighted by molar-refractivity contribution is 9.10. The van der Waals surface area contributed by atoms with E-state index < -0.39 is 0 Å². The summed E-state index contributed by atoms with van der Waals surface area (Å²) >= 11 is 3.29. The van der Waals surface area contributed by atoms with Gasteiger partial charge in [-0.25, -0.2) is 4.39 Å². The number of nitrogens with one attached hydrogen (secondary N) is 1. The van der Waals surface area contributed by atoms with E-state index in [0.29, 0.717) is 23.8 Å². The number of rotatable bonds is 4. The molecule has 1 N–H and O–H groups in total. The lowest BCUT2D eigenvalue weighted by Gasteiger charge is -2.07. The van der Waals surface area contributed by atoms with Gasteiger partial charge in [0.1, 0.15) is 5.82 Å². The van der Waals surface area contributed by atoms with Gasteiger partial charge >= 0.3 is 0 Å². The van der Waals surface area contributed by atoms with Crippen molar-refractivity contribution in [1.29, 1.82) is 0 Å². The molecular weight excluding hydrogens is 301 g/mol. The monoisotopic (exact) mass is 311 g/mol. The average molecular weight is 312 g/mol. The van der Waals surface area contributed by atoms with Crippen LogP contribution in [-0.4, -0.2) is 17.3 Å². The van der Waals surface area contributed by atoms with Gasteiger partial charge in [0, 0.05) is 10.5 Å². The van der Waals surface area contributed by atoms with Crippen LogP contribution in [0.2, 0.25) is 0 Å². The molecule has 0 spiro atoms. The van der Waals surface area contributed by atoms with Crippen LogP contribution in [0.1, 0.15) is 5.69 Å². The first-order valence-corrected chi connectivity index (χ1v) is 6.04.